The molecule has 0 aliphatic carbocycles. The summed E-state index contributed by atoms with van der Waals surface area (Å²) in [6, 6.07) is 2.26. The zero-order valence-electron chi connectivity index (χ0n) is 11.9. The van der Waals surface area contributed by atoms with Gasteiger partial charge in [-0.25, -0.2) is 9.97 Å². The van der Waals surface area contributed by atoms with Gasteiger partial charge in [-0.15, -0.1) is 0 Å². The van der Waals surface area contributed by atoms with Crippen molar-refractivity contribution in [3.8, 4) is 11.3 Å². The molecule has 1 aliphatic heterocycles. The summed E-state index contributed by atoms with van der Waals surface area (Å²) in [5, 5.41) is 10.1. The molecule has 0 bridgehead atoms. The Kier molecular flexibility index (Phi) is 4.26. The van der Waals surface area contributed by atoms with Crippen LogP contribution in [-0.4, -0.2) is 49.9 Å². The van der Waals surface area contributed by atoms with Gasteiger partial charge in [0.2, 0.25) is 5.95 Å². The first-order valence-electron chi connectivity index (χ1n) is 6.94. The molecule has 0 radical (unpaired) electrons. The Labute approximate surface area is 127 Å². The second kappa shape index (κ2) is 6.31. The van der Waals surface area contributed by atoms with E-state index in [4.69, 9.17) is 5.73 Å². The molecule has 0 saturated carbocycles. The van der Waals surface area contributed by atoms with E-state index >= 15 is 0 Å². The molecule has 3 rings (SSSR count). The largest absolute Gasteiger partial charge is 0.384 e. The van der Waals surface area contributed by atoms with Crippen LogP contribution >= 0.6 is 11.9 Å². The summed E-state index contributed by atoms with van der Waals surface area (Å²) < 4.78 is 2.38. The van der Waals surface area contributed by atoms with Crippen LogP contribution < -0.4 is 11.1 Å². The average Bonchev–Trinajstić information content (AvgIpc) is 2.94. The number of hydrogen-bond acceptors (Lipinski definition) is 7. The molecule has 1 aliphatic rings. The van der Waals surface area contributed by atoms with E-state index in [9.17, 15) is 0 Å². The number of aromatic amines is 1. The lowest BCUT2D eigenvalue weighted by Crippen LogP contribution is -2.35. The number of aromatic nitrogens is 4. The van der Waals surface area contributed by atoms with Crippen LogP contribution in [0.4, 0.5) is 11.8 Å². The van der Waals surface area contributed by atoms with E-state index in [1.807, 2.05) is 6.07 Å². The van der Waals surface area contributed by atoms with E-state index < -0.39 is 0 Å². The number of nitrogen functional groups attached to an aromatic ring is 1. The van der Waals surface area contributed by atoms with Crippen molar-refractivity contribution in [1.82, 2.24) is 24.5 Å². The van der Waals surface area contributed by atoms with Gasteiger partial charge in [-0.1, -0.05) is 11.9 Å². The minimum absolute atomic E-state index is 0.422. The molecule has 8 heteroatoms. The monoisotopic (exact) mass is 305 g/mol. The van der Waals surface area contributed by atoms with E-state index in [1.54, 1.807) is 24.3 Å². The molecule has 0 unspecified atom stereocenters. The minimum atomic E-state index is 0.422. The van der Waals surface area contributed by atoms with Crippen LogP contribution in [0.5, 0.6) is 0 Å². The molecule has 2 aromatic rings. The number of nitrogens with zero attached hydrogens (tertiary/aromatic N) is 4. The molecule has 1 fully saturated rings. The Bertz CT molecular complexity index is 592. The van der Waals surface area contributed by atoms with Gasteiger partial charge in [0.15, 0.2) is 0 Å². The van der Waals surface area contributed by atoms with Crippen molar-refractivity contribution in [2.75, 3.05) is 30.4 Å². The van der Waals surface area contributed by atoms with Crippen LogP contribution in [-0.2, 0) is 0 Å². The van der Waals surface area contributed by atoms with Gasteiger partial charge in [0, 0.05) is 25.3 Å². The Morgan fingerprint density at radius 3 is 2.90 bits per heavy atom. The van der Waals surface area contributed by atoms with E-state index in [0.29, 0.717) is 17.8 Å². The maximum absolute atomic E-state index is 5.83. The number of nitrogens with two attached hydrogens (primary N) is 1. The first-order chi connectivity index (χ1) is 10.3. The van der Waals surface area contributed by atoms with E-state index in [2.05, 4.69) is 36.0 Å². The molecule has 0 aromatic carbocycles. The van der Waals surface area contributed by atoms with Gasteiger partial charge in [0.05, 0.1) is 17.5 Å². The molecule has 0 atom stereocenters. The zero-order chi connectivity index (χ0) is 14.7. The second-order valence-electron chi connectivity index (χ2n) is 4.99. The molecular formula is C13H19N7S. The molecule has 7 nitrogen and oxygen atoms in total. The molecule has 21 heavy (non-hydrogen) atoms. The lowest BCUT2D eigenvalue weighted by Gasteiger charge is -2.30. The van der Waals surface area contributed by atoms with Gasteiger partial charge >= 0.3 is 0 Å². The fourth-order valence-corrected chi connectivity index (χ4v) is 3.02. The first kappa shape index (κ1) is 14.2. The third-order valence-corrected chi connectivity index (χ3v) is 4.53. The highest BCUT2D eigenvalue weighted by molar-refractivity contribution is 7.96. The molecule has 0 amide bonds. The standard InChI is InChI=1S/C13H19N7S/c1-21-20-6-3-9(4-7-20)17-13-15-5-2-11(18-13)10-8-16-19-12(10)14/h2,5,8-9H,3-4,6-7H2,1H3,(H3,14,16,19)(H,15,17,18). The van der Waals surface area contributed by atoms with Crippen LogP contribution in [0.2, 0.25) is 0 Å². The Morgan fingerprint density at radius 1 is 1.43 bits per heavy atom. The van der Waals surface area contributed by atoms with Gasteiger partial charge in [-0.2, -0.15) is 5.10 Å². The van der Waals surface area contributed by atoms with Crippen molar-refractivity contribution in [2.24, 2.45) is 0 Å². The predicted molar refractivity (Wildman–Crippen MR) is 85.8 cm³/mol. The van der Waals surface area contributed by atoms with Gasteiger partial charge in [-0.3, -0.25) is 9.40 Å². The lowest BCUT2D eigenvalue weighted by molar-refractivity contribution is 0.358. The minimum Gasteiger partial charge on any atom is -0.384 e. The molecule has 4 N–H and O–H groups in total. The molecule has 0 spiro atoms. The van der Waals surface area contributed by atoms with Crippen LogP contribution in [0.15, 0.2) is 18.5 Å². The van der Waals surface area contributed by atoms with Crippen molar-refractivity contribution in [1.29, 1.82) is 0 Å². The van der Waals surface area contributed by atoms with Crippen molar-refractivity contribution in [3.05, 3.63) is 18.5 Å². The summed E-state index contributed by atoms with van der Waals surface area (Å²) in [5.41, 5.74) is 7.41. The maximum Gasteiger partial charge on any atom is 0.223 e. The lowest BCUT2D eigenvalue weighted by atomic mass is 10.1. The summed E-state index contributed by atoms with van der Waals surface area (Å²) in [4.78, 5) is 8.83. The number of H-pyrrole nitrogens is 1. The smallest absolute Gasteiger partial charge is 0.223 e. The molecule has 1 saturated heterocycles. The Balaban J connectivity index is 1.68. The summed E-state index contributed by atoms with van der Waals surface area (Å²) >= 11 is 1.81. The normalized spacial score (nSPS) is 17.0. The number of piperidine rings is 1. The summed E-state index contributed by atoms with van der Waals surface area (Å²) in [6.45, 7) is 2.18. The third-order valence-electron chi connectivity index (χ3n) is 3.65. The van der Waals surface area contributed by atoms with Gasteiger partial charge in [-0.05, 0) is 25.2 Å². The van der Waals surface area contributed by atoms with E-state index in [0.717, 1.165) is 37.2 Å². The van der Waals surface area contributed by atoms with Crippen molar-refractivity contribution < 1.29 is 0 Å². The fraction of sp³-hybridized carbons (Fsp3) is 0.462. The highest BCUT2D eigenvalue weighted by atomic mass is 32.2. The molecule has 3 heterocycles. The molecule has 112 valence electrons. The van der Waals surface area contributed by atoms with Gasteiger partial charge < -0.3 is 11.1 Å². The highest BCUT2D eigenvalue weighted by Gasteiger charge is 2.19. The summed E-state index contributed by atoms with van der Waals surface area (Å²) in [6.07, 6.45) is 7.74. The van der Waals surface area contributed by atoms with Crippen molar-refractivity contribution >= 4 is 23.7 Å². The van der Waals surface area contributed by atoms with Gasteiger partial charge in [0.1, 0.15) is 5.82 Å². The van der Waals surface area contributed by atoms with Crippen LogP contribution in [0.1, 0.15) is 12.8 Å². The van der Waals surface area contributed by atoms with E-state index in [1.165, 1.54) is 0 Å². The SMILES string of the molecule is CSN1CCC(Nc2nccc(-c3cn[nH]c3N)n2)CC1. The Hall–Kier alpha value is -1.80. The molecule has 2 aromatic heterocycles. The number of hydrogen-bond donors (Lipinski definition) is 3. The topological polar surface area (TPSA) is 95.8 Å². The summed E-state index contributed by atoms with van der Waals surface area (Å²) in [5.74, 6) is 1.17. The van der Waals surface area contributed by atoms with Gasteiger partial charge in [0.25, 0.3) is 0 Å². The first-order valence-corrected chi connectivity index (χ1v) is 8.12. The third kappa shape index (κ3) is 3.27. The second-order valence-corrected chi connectivity index (χ2v) is 5.87. The van der Waals surface area contributed by atoms with Crippen LogP contribution in [0.25, 0.3) is 11.3 Å². The quantitative estimate of drug-likeness (QED) is 0.738. The Morgan fingerprint density at radius 2 is 2.24 bits per heavy atom. The van der Waals surface area contributed by atoms with E-state index in [-0.39, 0.29) is 0 Å². The maximum atomic E-state index is 5.83. The fourth-order valence-electron chi connectivity index (χ4n) is 2.44. The highest BCUT2D eigenvalue weighted by Crippen LogP contribution is 2.23. The zero-order valence-corrected chi connectivity index (χ0v) is 12.7. The molecular weight excluding hydrogens is 286 g/mol. The average molecular weight is 305 g/mol. The summed E-state index contributed by atoms with van der Waals surface area (Å²) in [7, 11) is 0. The number of rotatable bonds is 4. The number of nitrogens with one attached hydrogen (secondary N) is 2. The van der Waals surface area contributed by atoms with Crippen molar-refractivity contribution in [2.45, 2.75) is 18.9 Å². The van der Waals surface area contributed by atoms with Crippen molar-refractivity contribution in [3.63, 3.8) is 0 Å². The van der Waals surface area contributed by atoms with Crippen LogP contribution in [0.3, 0.4) is 0 Å². The predicted octanol–water partition coefficient (Wildman–Crippen LogP) is 1.60. The van der Waals surface area contributed by atoms with Crippen LogP contribution in [0, 0.1) is 0 Å². The number of anilines is 2.